The number of hydrogen-bond donors (Lipinski definition) is 1. The van der Waals surface area contributed by atoms with E-state index in [-0.39, 0.29) is 6.04 Å². The number of rotatable bonds is 4. The van der Waals surface area contributed by atoms with Crippen molar-refractivity contribution in [3.63, 3.8) is 0 Å². The third-order valence-electron chi connectivity index (χ3n) is 2.92. The molecule has 1 N–H and O–H groups in total. The first kappa shape index (κ1) is 12.5. The van der Waals surface area contributed by atoms with E-state index in [1.165, 1.54) is 0 Å². The van der Waals surface area contributed by atoms with Crippen LogP contribution in [0.15, 0.2) is 31.0 Å². The van der Waals surface area contributed by atoms with Crippen molar-refractivity contribution in [2.45, 2.75) is 19.9 Å². The monoisotopic (exact) mass is 272 g/mol. The summed E-state index contributed by atoms with van der Waals surface area (Å²) in [6.07, 6.45) is 8.93. The van der Waals surface area contributed by atoms with Crippen LogP contribution in [0, 0.1) is 0 Å². The Morgan fingerprint density at radius 3 is 2.85 bits per heavy atom. The second-order valence-electron chi connectivity index (χ2n) is 4.69. The lowest BCUT2D eigenvalue weighted by Crippen LogP contribution is -2.00. The topological polar surface area (TPSA) is 69.3 Å². The highest BCUT2D eigenvalue weighted by atomic mass is 16.5. The number of hydrogen-bond acceptors (Lipinski definition) is 5. The average Bonchev–Trinajstić information content (AvgIpc) is 3.06. The predicted octanol–water partition coefficient (Wildman–Crippen LogP) is 2.34. The van der Waals surface area contributed by atoms with Gasteiger partial charge in [0.15, 0.2) is 5.75 Å². The van der Waals surface area contributed by atoms with Crippen LogP contribution in [-0.2, 0) is 0 Å². The highest BCUT2D eigenvalue weighted by Gasteiger charge is 2.11. The molecule has 7 nitrogen and oxygen atoms in total. The SMILES string of the molecule is CNc1cn2ccnc2c(Oc2cnn(C(C)C)c2)n1. The molecule has 3 rings (SSSR count). The lowest BCUT2D eigenvalue weighted by molar-refractivity contribution is 0.461. The van der Waals surface area contributed by atoms with Crippen molar-refractivity contribution in [2.24, 2.45) is 0 Å². The Morgan fingerprint density at radius 1 is 1.30 bits per heavy atom. The fourth-order valence-electron chi connectivity index (χ4n) is 1.86. The maximum atomic E-state index is 5.81. The first-order valence-corrected chi connectivity index (χ1v) is 6.41. The van der Waals surface area contributed by atoms with Crippen molar-refractivity contribution in [3.8, 4) is 11.6 Å². The Morgan fingerprint density at radius 2 is 2.15 bits per heavy atom. The minimum absolute atomic E-state index is 0.287. The van der Waals surface area contributed by atoms with Crippen LogP contribution in [0.5, 0.6) is 11.6 Å². The third kappa shape index (κ3) is 2.18. The second-order valence-corrected chi connectivity index (χ2v) is 4.69. The van der Waals surface area contributed by atoms with Gasteiger partial charge < -0.3 is 10.1 Å². The van der Waals surface area contributed by atoms with Crippen molar-refractivity contribution in [1.29, 1.82) is 0 Å². The fraction of sp³-hybridized carbons (Fsp3) is 0.308. The number of imidazole rings is 1. The van der Waals surface area contributed by atoms with Crippen LogP contribution in [0.4, 0.5) is 5.82 Å². The molecule has 0 fully saturated rings. The third-order valence-corrected chi connectivity index (χ3v) is 2.92. The minimum Gasteiger partial charge on any atom is -0.432 e. The highest BCUT2D eigenvalue weighted by Crippen LogP contribution is 2.25. The van der Waals surface area contributed by atoms with Gasteiger partial charge >= 0.3 is 0 Å². The van der Waals surface area contributed by atoms with Crippen molar-refractivity contribution in [3.05, 3.63) is 31.0 Å². The van der Waals surface area contributed by atoms with E-state index in [0.717, 1.165) is 0 Å². The number of ether oxygens (including phenoxy) is 1. The lowest BCUT2D eigenvalue weighted by atomic mass is 10.4. The molecule has 0 bridgehead atoms. The zero-order valence-corrected chi connectivity index (χ0v) is 11.6. The molecule has 0 saturated heterocycles. The molecule has 0 aliphatic heterocycles. The molecule has 3 aromatic heterocycles. The minimum atomic E-state index is 0.287. The number of fused-ring (bicyclic) bond motifs is 1. The van der Waals surface area contributed by atoms with Gasteiger partial charge in [0, 0.05) is 25.5 Å². The van der Waals surface area contributed by atoms with Crippen molar-refractivity contribution >= 4 is 11.5 Å². The van der Waals surface area contributed by atoms with E-state index < -0.39 is 0 Å². The van der Waals surface area contributed by atoms with Crippen LogP contribution in [-0.4, -0.2) is 31.2 Å². The maximum absolute atomic E-state index is 5.81. The molecule has 0 unspecified atom stereocenters. The van der Waals surface area contributed by atoms with Gasteiger partial charge in [-0.3, -0.25) is 9.08 Å². The number of nitrogens with one attached hydrogen (secondary N) is 1. The molecule has 3 aromatic rings. The van der Waals surface area contributed by atoms with Crippen LogP contribution >= 0.6 is 0 Å². The lowest BCUT2D eigenvalue weighted by Gasteiger charge is -2.07. The van der Waals surface area contributed by atoms with Crippen molar-refractivity contribution in [1.82, 2.24) is 24.1 Å². The van der Waals surface area contributed by atoms with Gasteiger partial charge in [-0.25, -0.2) is 4.98 Å². The normalized spacial score (nSPS) is 11.2. The Bertz CT molecular complexity index is 729. The molecule has 0 spiro atoms. The molecular weight excluding hydrogens is 256 g/mol. The molecule has 0 atom stereocenters. The molecule has 7 heteroatoms. The van der Waals surface area contributed by atoms with E-state index in [1.54, 1.807) is 12.4 Å². The molecule has 0 saturated carbocycles. The number of aromatic nitrogens is 5. The Kier molecular flexibility index (Phi) is 3.02. The van der Waals surface area contributed by atoms with Gasteiger partial charge in [0.2, 0.25) is 5.65 Å². The van der Waals surface area contributed by atoms with E-state index in [0.29, 0.717) is 23.1 Å². The smallest absolute Gasteiger partial charge is 0.265 e. The van der Waals surface area contributed by atoms with Gasteiger partial charge in [-0.2, -0.15) is 10.1 Å². The van der Waals surface area contributed by atoms with E-state index >= 15 is 0 Å². The molecule has 0 radical (unpaired) electrons. The van der Waals surface area contributed by atoms with Gasteiger partial charge in [0.25, 0.3) is 5.88 Å². The average molecular weight is 272 g/mol. The Balaban J connectivity index is 1.98. The van der Waals surface area contributed by atoms with Crippen LogP contribution in [0.2, 0.25) is 0 Å². The summed E-state index contributed by atoms with van der Waals surface area (Å²) in [5, 5.41) is 7.24. The zero-order chi connectivity index (χ0) is 14.1. The van der Waals surface area contributed by atoms with Crippen LogP contribution in [0.25, 0.3) is 5.65 Å². The standard InChI is InChI=1S/C13H16N6O/c1-9(2)19-7-10(6-16-19)20-13-12-15-4-5-18(12)8-11(14-3)17-13/h4-9,14H,1-3H3. The van der Waals surface area contributed by atoms with E-state index in [9.17, 15) is 0 Å². The summed E-state index contributed by atoms with van der Waals surface area (Å²) in [5.41, 5.74) is 0.668. The highest BCUT2D eigenvalue weighted by molar-refractivity contribution is 5.54. The largest absolute Gasteiger partial charge is 0.432 e. The molecule has 0 aromatic carbocycles. The molecule has 20 heavy (non-hydrogen) atoms. The molecule has 3 heterocycles. The van der Waals surface area contributed by atoms with E-state index in [4.69, 9.17) is 4.74 Å². The summed E-state index contributed by atoms with van der Waals surface area (Å²) >= 11 is 0. The summed E-state index contributed by atoms with van der Waals surface area (Å²) in [4.78, 5) is 8.64. The van der Waals surface area contributed by atoms with Gasteiger partial charge in [0.1, 0.15) is 5.82 Å². The predicted molar refractivity (Wildman–Crippen MR) is 75.2 cm³/mol. The molecule has 0 aliphatic rings. The van der Waals surface area contributed by atoms with Crippen molar-refractivity contribution < 1.29 is 4.74 Å². The Labute approximate surface area is 116 Å². The second kappa shape index (κ2) is 4.84. The molecular formula is C13H16N6O. The Hall–Kier alpha value is -2.57. The molecule has 104 valence electrons. The van der Waals surface area contributed by atoms with Crippen LogP contribution < -0.4 is 10.1 Å². The summed E-state index contributed by atoms with van der Waals surface area (Å²) in [7, 11) is 1.81. The quantitative estimate of drug-likeness (QED) is 0.789. The van der Waals surface area contributed by atoms with Gasteiger partial charge in [-0.15, -0.1) is 0 Å². The first-order valence-electron chi connectivity index (χ1n) is 6.41. The summed E-state index contributed by atoms with van der Waals surface area (Å²) in [5.74, 6) is 1.80. The van der Waals surface area contributed by atoms with Gasteiger partial charge in [-0.05, 0) is 13.8 Å². The van der Waals surface area contributed by atoms with Gasteiger partial charge in [-0.1, -0.05) is 0 Å². The fourth-order valence-corrected chi connectivity index (χ4v) is 1.86. The maximum Gasteiger partial charge on any atom is 0.265 e. The van der Waals surface area contributed by atoms with E-state index in [2.05, 4.69) is 34.2 Å². The number of nitrogens with zero attached hydrogens (tertiary/aromatic N) is 5. The first-order chi connectivity index (χ1) is 9.67. The summed E-state index contributed by atoms with van der Waals surface area (Å²) in [6.45, 7) is 4.12. The van der Waals surface area contributed by atoms with Crippen LogP contribution in [0.1, 0.15) is 19.9 Å². The van der Waals surface area contributed by atoms with Gasteiger partial charge in [0.05, 0.1) is 18.6 Å². The number of anilines is 1. The van der Waals surface area contributed by atoms with Crippen molar-refractivity contribution in [2.75, 3.05) is 12.4 Å². The summed E-state index contributed by atoms with van der Waals surface area (Å²) < 4.78 is 9.50. The zero-order valence-electron chi connectivity index (χ0n) is 11.6. The van der Waals surface area contributed by atoms with E-state index in [1.807, 2.05) is 34.7 Å². The molecule has 0 aliphatic carbocycles. The van der Waals surface area contributed by atoms with Crippen LogP contribution in [0.3, 0.4) is 0 Å². The summed E-state index contributed by atoms with van der Waals surface area (Å²) in [6, 6.07) is 0.287. The molecule has 0 amide bonds.